The highest BCUT2D eigenvalue weighted by Crippen LogP contribution is 2.37. The maximum atomic E-state index is 12.2. The highest BCUT2D eigenvalue weighted by molar-refractivity contribution is 9.10. The van der Waals surface area contributed by atoms with Crippen molar-refractivity contribution in [2.24, 2.45) is 5.10 Å². The van der Waals surface area contributed by atoms with Crippen molar-refractivity contribution in [2.45, 2.75) is 26.9 Å². The second-order valence-corrected chi connectivity index (χ2v) is 9.02. The molecule has 1 amide bonds. The summed E-state index contributed by atoms with van der Waals surface area (Å²) >= 11 is 15.6. The van der Waals surface area contributed by atoms with E-state index in [1.807, 2.05) is 50.2 Å². The number of carbonyl (C=O) groups excluding carboxylic acids is 1. The average molecular weight is 580 g/mol. The number of benzene rings is 3. The molecule has 3 aromatic carbocycles. The van der Waals surface area contributed by atoms with Crippen LogP contribution in [0.5, 0.6) is 17.2 Å². The zero-order chi connectivity index (χ0) is 25.2. The van der Waals surface area contributed by atoms with Crippen molar-refractivity contribution in [3.05, 3.63) is 85.8 Å². The molecule has 0 heterocycles. The van der Waals surface area contributed by atoms with Crippen LogP contribution >= 0.6 is 39.1 Å². The SMILES string of the molecule is CCOc1ccc(CC(=O)N/N=C\c2cc(Br)c(OCc3ccc(Cl)c(Cl)c3)c(OCC)c2)cc1. The fourth-order valence-corrected chi connectivity index (χ4v) is 4.02. The summed E-state index contributed by atoms with van der Waals surface area (Å²) in [5.41, 5.74) is 5.01. The summed E-state index contributed by atoms with van der Waals surface area (Å²) in [5.74, 6) is 1.64. The van der Waals surface area contributed by atoms with Gasteiger partial charge in [0.1, 0.15) is 12.4 Å². The van der Waals surface area contributed by atoms with E-state index in [2.05, 4.69) is 26.5 Å². The first-order chi connectivity index (χ1) is 16.9. The number of halogens is 3. The highest BCUT2D eigenvalue weighted by Gasteiger charge is 2.13. The lowest BCUT2D eigenvalue weighted by Crippen LogP contribution is -2.19. The van der Waals surface area contributed by atoms with E-state index in [-0.39, 0.29) is 18.9 Å². The predicted molar refractivity (Wildman–Crippen MR) is 143 cm³/mol. The minimum atomic E-state index is -0.226. The van der Waals surface area contributed by atoms with E-state index in [1.54, 1.807) is 24.4 Å². The Kier molecular flexibility index (Phi) is 10.3. The minimum absolute atomic E-state index is 0.207. The Morgan fingerprint density at radius 3 is 2.34 bits per heavy atom. The first-order valence-corrected chi connectivity index (χ1v) is 12.5. The summed E-state index contributed by atoms with van der Waals surface area (Å²) in [6.45, 7) is 5.14. The van der Waals surface area contributed by atoms with Gasteiger partial charge in [0.2, 0.25) is 5.91 Å². The normalized spacial score (nSPS) is 10.9. The van der Waals surface area contributed by atoms with E-state index < -0.39 is 0 Å². The molecule has 0 radical (unpaired) electrons. The minimum Gasteiger partial charge on any atom is -0.494 e. The van der Waals surface area contributed by atoms with Crippen molar-refractivity contribution in [3.63, 3.8) is 0 Å². The Bertz CT molecular complexity index is 1190. The molecule has 0 atom stereocenters. The first-order valence-electron chi connectivity index (χ1n) is 11.0. The second-order valence-electron chi connectivity index (χ2n) is 7.35. The molecule has 3 rings (SSSR count). The van der Waals surface area contributed by atoms with Gasteiger partial charge in [-0.1, -0.05) is 41.4 Å². The molecule has 0 aliphatic rings. The third-order valence-corrected chi connectivity index (χ3v) is 6.03. The molecular formula is C26H25BrCl2N2O4. The molecule has 0 aliphatic carbocycles. The largest absolute Gasteiger partial charge is 0.494 e. The van der Waals surface area contributed by atoms with Crippen LogP contribution in [0.3, 0.4) is 0 Å². The number of hydrogen-bond donors (Lipinski definition) is 1. The van der Waals surface area contributed by atoms with Crippen LogP contribution in [0.15, 0.2) is 64.2 Å². The van der Waals surface area contributed by atoms with Crippen LogP contribution in [0.1, 0.15) is 30.5 Å². The lowest BCUT2D eigenvalue weighted by Gasteiger charge is -2.15. The molecule has 0 spiro atoms. The summed E-state index contributed by atoms with van der Waals surface area (Å²) < 4.78 is 17.9. The summed E-state index contributed by atoms with van der Waals surface area (Å²) in [5, 5.41) is 5.03. The topological polar surface area (TPSA) is 69.2 Å². The van der Waals surface area contributed by atoms with Gasteiger partial charge in [0.05, 0.1) is 40.4 Å². The summed E-state index contributed by atoms with van der Waals surface area (Å²) in [6.07, 6.45) is 1.76. The van der Waals surface area contributed by atoms with E-state index in [0.29, 0.717) is 39.2 Å². The Balaban J connectivity index is 1.63. The second kappa shape index (κ2) is 13.4. The molecule has 0 aromatic heterocycles. The molecule has 35 heavy (non-hydrogen) atoms. The van der Waals surface area contributed by atoms with Crippen LogP contribution in [0.2, 0.25) is 10.0 Å². The standard InChI is InChI=1S/C26H25BrCl2N2O4/c1-3-33-20-8-5-17(6-9-20)14-25(32)31-30-15-19-11-21(27)26(24(13-19)34-4-2)35-16-18-7-10-22(28)23(29)12-18/h5-13,15H,3-4,14,16H2,1-2H3,(H,31,32)/b30-15-. The first kappa shape index (κ1) is 26.9. The zero-order valence-electron chi connectivity index (χ0n) is 19.3. The van der Waals surface area contributed by atoms with Gasteiger partial charge in [0.15, 0.2) is 11.5 Å². The van der Waals surface area contributed by atoms with Crippen molar-refractivity contribution in [1.29, 1.82) is 0 Å². The third kappa shape index (κ3) is 8.16. The average Bonchev–Trinajstić information content (AvgIpc) is 2.82. The quantitative estimate of drug-likeness (QED) is 0.200. The number of rotatable bonds is 11. The molecule has 0 aliphatic heterocycles. The molecule has 0 saturated heterocycles. The van der Waals surface area contributed by atoms with Gasteiger partial charge in [-0.15, -0.1) is 0 Å². The molecule has 3 aromatic rings. The predicted octanol–water partition coefficient (Wildman–Crippen LogP) is 6.83. The van der Waals surface area contributed by atoms with Crippen LogP contribution in [0, 0.1) is 0 Å². The molecule has 0 fully saturated rings. The van der Waals surface area contributed by atoms with Gasteiger partial charge >= 0.3 is 0 Å². The van der Waals surface area contributed by atoms with Crippen LogP contribution in [-0.4, -0.2) is 25.3 Å². The maximum absolute atomic E-state index is 12.2. The van der Waals surface area contributed by atoms with Gasteiger partial charge in [-0.3, -0.25) is 4.79 Å². The third-order valence-electron chi connectivity index (χ3n) is 4.70. The van der Waals surface area contributed by atoms with Gasteiger partial charge in [-0.05, 0) is 82.9 Å². The smallest absolute Gasteiger partial charge is 0.244 e. The van der Waals surface area contributed by atoms with Crippen molar-refractivity contribution in [3.8, 4) is 17.2 Å². The molecule has 0 unspecified atom stereocenters. The van der Waals surface area contributed by atoms with Crippen molar-refractivity contribution >= 4 is 51.3 Å². The molecule has 1 N–H and O–H groups in total. The molecular weight excluding hydrogens is 555 g/mol. The van der Waals surface area contributed by atoms with Crippen LogP contribution < -0.4 is 19.6 Å². The van der Waals surface area contributed by atoms with E-state index in [4.69, 9.17) is 37.4 Å². The Labute approximate surface area is 223 Å². The van der Waals surface area contributed by atoms with Crippen molar-refractivity contribution in [1.82, 2.24) is 5.43 Å². The number of nitrogens with zero attached hydrogens (tertiary/aromatic N) is 1. The number of hydrogen-bond acceptors (Lipinski definition) is 5. The molecule has 9 heteroatoms. The van der Waals surface area contributed by atoms with Gasteiger partial charge in [-0.2, -0.15) is 5.10 Å². The van der Waals surface area contributed by atoms with Gasteiger partial charge in [-0.25, -0.2) is 5.43 Å². The van der Waals surface area contributed by atoms with Gasteiger partial charge < -0.3 is 14.2 Å². The Morgan fingerprint density at radius 1 is 0.943 bits per heavy atom. The maximum Gasteiger partial charge on any atom is 0.244 e. The molecule has 6 nitrogen and oxygen atoms in total. The summed E-state index contributed by atoms with van der Waals surface area (Å²) in [4.78, 5) is 12.2. The number of ether oxygens (including phenoxy) is 3. The van der Waals surface area contributed by atoms with Crippen LogP contribution in [0.25, 0.3) is 0 Å². The highest BCUT2D eigenvalue weighted by atomic mass is 79.9. The van der Waals surface area contributed by atoms with Crippen LogP contribution in [-0.2, 0) is 17.8 Å². The number of nitrogens with one attached hydrogen (secondary N) is 1. The fourth-order valence-electron chi connectivity index (χ4n) is 3.12. The van der Waals surface area contributed by atoms with E-state index >= 15 is 0 Å². The Hall–Kier alpha value is -2.74. The van der Waals surface area contributed by atoms with Gasteiger partial charge in [0, 0.05) is 0 Å². The fraction of sp³-hybridized carbons (Fsp3) is 0.231. The van der Waals surface area contributed by atoms with Crippen LogP contribution in [0.4, 0.5) is 0 Å². The molecule has 0 saturated carbocycles. The lowest BCUT2D eigenvalue weighted by molar-refractivity contribution is -0.120. The van der Waals surface area contributed by atoms with E-state index in [0.717, 1.165) is 22.4 Å². The monoisotopic (exact) mass is 578 g/mol. The van der Waals surface area contributed by atoms with E-state index in [1.165, 1.54) is 0 Å². The van der Waals surface area contributed by atoms with Gasteiger partial charge in [0.25, 0.3) is 0 Å². The molecule has 0 bridgehead atoms. The number of amides is 1. The van der Waals surface area contributed by atoms with Crippen molar-refractivity contribution < 1.29 is 19.0 Å². The summed E-state index contributed by atoms with van der Waals surface area (Å²) in [7, 11) is 0. The number of hydrazone groups is 1. The number of carbonyl (C=O) groups is 1. The lowest BCUT2D eigenvalue weighted by atomic mass is 10.1. The van der Waals surface area contributed by atoms with E-state index in [9.17, 15) is 4.79 Å². The zero-order valence-corrected chi connectivity index (χ0v) is 22.4. The Morgan fingerprint density at radius 2 is 1.66 bits per heavy atom. The van der Waals surface area contributed by atoms with Crippen molar-refractivity contribution in [2.75, 3.05) is 13.2 Å². The summed E-state index contributed by atoms with van der Waals surface area (Å²) in [6, 6.07) is 16.3. The molecule has 184 valence electrons.